The zero-order chi connectivity index (χ0) is 19.3. The summed E-state index contributed by atoms with van der Waals surface area (Å²) in [5, 5.41) is 10.9. The SMILES string of the molecule is Cc1ccc2c(c1)C1CN(C)CCC1N2S(=O)(=O)c1ccc([N+](=O)[O-])cc1.Cl. The van der Waals surface area contributed by atoms with Crippen LogP contribution in [0.25, 0.3) is 0 Å². The Bertz CT molecular complexity index is 1010. The zero-order valence-electron chi connectivity index (χ0n) is 15.6. The number of fused-ring (bicyclic) bond motifs is 3. The second kappa shape index (κ2) is 7.35. The lowest BCUT2D eigenvalue weighted by Gasteiger charge is -2.36. The lowest BCUT2D eigenvalue weighted by Crippen LogP contribution is -2.47. The van der Waals surface area contributed by atoms with Crippen molar-refractivity contribution >= 4 is 33.8 Å². The molecule has 9 heteroatoms. The molecule has 7 nitrogen and oxygen atoms in total. The molecule has 2 aliphatic rings. The van der Waals surface area contributed by atoms with Crippen LogP contribution in [0, 0.1) is 17.0 Å². The molecule has 2 aliphatic heterocycles. The summed E-state index contributed by atoms with van der Waals surface area (Å²) >= 11 is 0. The van der Waals surface area contributed by atoms with Crippen LogP contribution in [-0.2, 0) is 10.0 Å². The third-order valence-corrected chi connectivity index (χ3v) is 7.36. The number of nitro benzene ring substituents is 1. The number of hydrogen-bond acceptors (Lipinski definition) is 5. The van der Waals surface area contributed by atoms with Crippen LogP contribution in [0.15, 0.2) is 47.4 Å². The van der Waals surface area contributed by atoms with Gasteiger partial charge in [-0.25, -0.2) is 8.42 Å². The first kappa shape index (κ1) is 20.6. The Labute approximate surface area is 170 Å². The van der Waals surface area contributed by atoms with Crippen LogP contribution < -0.4 is 4.31 Å². The molecule has 0 N–H and O–H groups in total. The van der Waals surface area contributed by atoms with Gasteiger partial charge in [0.2, 0.25) is 0 Å². The van der Waals surface area contributed by atoms with E-state index in [-0.39, 0.29) is 34.9 Å². The number of sulfonamides is 1. The number of benzene rings is 2. The molecular weight excluding hydrogens is 402 g/mol. The van der Waals surface area contributed by atoms with Crippen molar-refractivity contribution in [3.8, 4) is 0 Å². The molecule has 2 aromatic rings. The van der Waals surface area contributed by atoms with Crippen LogP contribution in [0.2, 0.25) is 0 Å². The molecule has 28 heavy (non-hydrogen) atoms. The summed E-state index contributed by atoms with van der Waals surface area (Å²) in [6.45, 7) is 3.66. The highest BCUT2D eigenvalue weighted by Gasteiger charge is 2.46. The maximum atomic E-state index is 13.4. The number of aryl methyl sites for hydroxylation is 1. The number of non-ortho nitro benzene ring substituents is 1. The number of anilines is 1. The second-order valence-corrected chi connectivity index (χ2v) is 9.15. The summed E-state index contributed by atoms with van der Waals surface area (Å²) in [6, 6.07) is 10.9. The van der Waals surface area contributed by atoms with E-state index in [1.54, 1.807) is 4.31 Å². The Morgan fingerprint density at radius 2 is 1.82 bits per heavy atom. The van der Waals surface area contributed by atoms with Gasteiger partial charge in [0, 0.05) is 24.6 Å². The molecule has 0 spiro atoms. The summed E-state index contributed by atoms with van der Waals surface area (Å²) in [7, 11) is -1.75. The molecule has 150 valence electrons. The minimum absolute atomic E-state index is 0. The third-order valence-electron chi connectivity index (χ3n) is 5.50. The van der Waals surface area contributed by atoms with E-state index in [1.165, 1.54) is 24.3 Å². The molecule has 4 rings (SSSR count). The summed E-state index contributed by atoms with van der Waals surface area (Å²) < 4.78 is 28.4. The number of halogens is 1. The number of likely N-dealkylation sites (tertiary alicyclic amines) is 1. The van der Waals surface area contributed by atoms with Crippen LogP contribution >= 0.6 is 12.4 Å². The molecule has 0 aromatic heterocycles. The quantitative estimate of drug-likeness (QED) is 0.558. The van der Waals surface area contributed by atoms with Gasteiger partial charge in [-0.2, -0.15) is 0 Å². The van der Waals surface area contributed by atoms with E-state index in [0.29, 0.717) is 0 Å². The van der Waals surface area contributed by atoms with Gasteiger partial charge in [-0.3, -0.25) is 14.4 Å². The van der Waals surface area contributed by atoms with Crippen molar-refractivity contribution < 1.29 is 13.3 Å². The lowest BCUT2D eigenvalue weighted by molar-refractivity contribution is -0.384. The van der Waals surface area contributed by atoms with Crippen LogP contribution in [0.1, 0.15) is 23.5 Å². The lowest BCUT2D eigenvalue weighted by atomic mass is 9.89. The summed E-state index contributed by atoms with van der Waals surface area (Å²) in [5.41, 5.74) is 2.78. The van der Waals surface area contributed by atoms with Crippen molar-refractivity contribution in [1.82, 2.24) is 4.90 Å². The zero-order valence-corrected chi connectivity index (χ0v) is 17.2. The first-order chi connectivity index (χ1) is 12.8. The van der Waals surface area contributed by atoms with E-state index in [4.69, 9.17) is 0 Å². The number of piperidine rings is 1. The fourth-order valence-corrected chi connectivity index (χ4v) is 5.94. The minimum atomic E-state index is -3.80. The van der Waals surface area contributed by atoms with Crippen molar-refractivity contribution in [3.05, 3.63) is 63.7 Å². The van der Waals surface area contributed by atoms with E-state index in [0.717, 1.165) is 36.3 Å². The van der Waals surface area contributed by atoms with E-state index in [1.807, 2.05) is 19.1 Å². The first-order valence-corrected chi connectivity index (χ1v) is 10.3. The molecule has 2 unspecified atom stereocenters. The second-order valence-electron chi connectivity index (χ2n) is 7.34. The van der Waals surface area contributed by atoms with E-state index in [9.17, 15) is 18.5 Å². The van der Waals surface area contributed by atoms with E-state index < -0.39 is 14.9 Å². The van der Waals surface area contributed by atoms with Gasteiger partial charge in [-0.05, 0) is 50.7 Å². The van der Waals surface area contributed by atoms with Gasteiger partial charge in [0.1, 0.15) is 0 Å². The van der Waals surface area contributed by atoms with Crippen LogP contribution in [0.3, 0.4) is 0 Å². The molecular formula is C19H22ClN3O4S. The van der Waals surface area contributed by atoms with Crippen LogP contribution in [-0.4, -0.2) is 44.4 Å². The number of nitro groups is 1. The van der Waals surface area contributed by atoms with E-state index >= 15 is 0 Å². The summed E-state index contributed by atoms with van der Waals surface area (Å²) in [4.78, 5) is 12.7. The maximum absolute atomic E-state index is 13.4. The summed E-state index contributed by atoms with van der Waals surface area (Å²) in [5.74, 6) is 0.131. The van der Waals surface area contributed by atoms with Crippen molar-refractivity contribution in [2.24, 2.45) is 0 Å². The van der Waals surface area contributed by atoms with Gasteiger partial charge in [0.25, 0.3) is 15.7 Å². The fraction of sp³-hybridized carbons (Fsp3) is 0.368. The topological polar surface area (TPSA) is 83.8 Å². The molecule has 2 heterocycles. The molecule has 0 amide bonds. The number of nitrogens with zero attached hydrogens (tertiary/aromatic N) is 3. The molecule has 1 fully saturated rings. The highest BCUT2D eigenvalue weighted by molar-refractivity contribution is 7.92. The predicted molar refractivity (Wildman–Crippen MR) is 110 cm³/mol. The standard InChI is InChI=1S/C19H21N3O4S.ClH/c1-13-3-8-18-16(11-13)17-12-20(2)10-9-19(17)21(18)27(25,26)15-6-4-14(5-7-15)22(23)24;/h3-8,11,17,19H,9-10,12H2,1-2H3;1H. The molecule has 0 radical (unpaired) electrons. The predicted octanol–water partition coefficient (Wildman–Crippen LogP) is 3.32. The monoisotopic (exact) mass is 423 g/mol. The van der Waals surface area contributed by atoms with Crippen molar-refractivity contribution in [2.75, 3.05) is 24.4 Å². The number of rotatable bonds is 3. The van der Waals surface area contributed by atoms with Crippen LogP contribution in [0.5, 0.6) is 0 Å². The van der Waals surface area contributed by atoms with E-state index in [2.05, 4.69) is 18.0 Å². The largest absolute Gasteiger partial charge is 0.306 e. The average molecular weight is 424 g/mol. The fourth-order valence-electron chi connectivity index (χ4n) is 4.20. The molecule has 0 saturated carbocycles. The molecule has 0 bridgehead atoms. The van der Waals surface area contributed by atoms with Gasteiger partial charge < -0.3 is 4.90 Å². The average Bonchev–Trinajstić information content (AvgIpc) is 2.95. The molecule has 2 atom stereocenters. The third kappa shape index (κ3) is 3.25. The molecule has 0 aliphatic carbocycles. The minimum Gasteiger partial charge on any atom is -0.306 e. The van der Waals surface area contributed by atoms with Gasteiger partial charge >= 0.3 is 0 Å². The van der Waals surface area contributed by atoms with Crippen molar-refractivity contribution in [1.29, 1.82) is 0 Å². The maximum Gasteiger partial charge on any atom is 0.269 e. The Morgan fingerprint density at radius 1 is 1.14 bits per heavy atom. The smallest absolute Gasteiger partial charge is 0.269 e. The Balaban J connectivity index is 0.00000225. The first-order valence-electron chi connectivity index (χ1n) is 8.87. The van der Waals surface area contributed by atoms with Gasteiger partial charge in [0.05, 0.1) is 21.5 Å². The van der Waals surface area contributed by atoms with Gasteiger partial charge in [-0.1, -0.05) is 17.7 Å². The Hall–Kier alpha value is -2.16. The Kier molecular flexibility index (Phi) is 5.40. The normalized spacial score (nSPS) is 21.6. The summed E-state index contributed by atoms with van der Waals surface area (Å²) in [6.07, 6.45) is 0.751. The highest BCUT2D eigenvalue weighted by atomic mass is 35.5. The van der Waals surface area contributed by atoms with Gasteiger partial charge in [-0.15, -0.1) is 12.4 Å². The molecule has 1 saturated heterocycles. The van der Waals surface area contributed by atoms with Crippen molar-refractivity contribution in [2.45, 2.75) is 30.2 Å². The van der Waals surface area contributed by atoms with Crippen LogP contribution in [0.4, 0.5) is 11.4 Å². The molecule has 2 aromatic carbocycles. The Morgan fingerprint density at radius 3 is 2.46 bits per heavy atom. The number of hydrogen-bond donors (Lipinski definition) is 0. The van der Waals surface area contributed by atoms with Crippen molar-refractivity contribution in [3.63, 3.8) is 0 Å². The number of likely N-dealkylation sites (N-methyl/N-ethyl adjacent to an activating group) is 1. The van der Waals surface area contributed by atoms with Gasteiger partial charge in [0.15, 0.2) is 0 Å². The highest BCUT2D eigenvalue weighted by Crippen LogP contribution is 2.47.